The zero-order valence-electron chi connectivity index (χ0n) is 11.7. The van der Waals surface area contributed by atoms with E-state index in [1.165, 1.54) is 11.6 Å². The van der Waals surface area contributed by atoms with E-state index in [0.717, 1.165) is 17.1 Å². The van der Waals surface area contributed by atoms with Crippen molar-refractivity contribution in [2.45, 2.75) is 17.9 Å². The maximum absolute atomic E-state index is 13.6. The Morgan fingerprint density at radius 2 is 1.76 bits per heavy atom. The molecule has 2 rings (SSSR count). The minimum Gasteiger partial charge on any atom is -0.395 e. The van der Waals surface area contributed by atoms with Gasteiger partial charge in [-0.3, -0.25) is 0 Å². The molecule has 0 unspecified atom stereocenters. The first kappa shape index (κ1) is 15.6. The molecule has 0 atom stereocenters. The zero-order valence-corrected chi connectivity index (χ0v) is 12.5. The van der Waals surface area contributed by atoms with E-state index >= 15 is 0 Å². The van der Waals surface area contributed by atoms with E-state index in [4.69, 9.17) is 5.11 Å². The monoisotopic (exact) mass is 300 g/mol. The highest BCUT2D eigenvalue weighted by atomic mass is 32.2. The molecular weight excluding hydrogens is 283 g/mol. The number of aliphatic hydroxyl groups is 1. The summed E-state index contributed by atoms with van der Waals surface area (Å²) in [6.45, 7) is 0.0299. The molecule has 0 saturated carbocycles. The predicted octanol–water partition coefficient (Wildman–Crippen LogP) is 3.99. The molecule has 0 amide bonds. The van der Waals surface area contributed by atoms with E-state index < -0.39 is 0 Å². The van der Waals surface area contributed by atoms with Crippen LogP contribution in [0.1, 0.15) is 23.1 Å². The average Bonchev–Trinajstić information content (AvgIpc) is 2.48. The van der Waals surface area contributed by atoms with Crippen LogP contribution in [0.25, 0.3) is 0 Å². The van der Waals surface area contributed by atoms with Gasteiger partial charge in [0, 0.05) is 23.5 Å². The molecule has 0 aromatic heterocycles. The van der Waals surface area contributed by atoms with Gasteiger partial charge in [-0.1, -0.05) is 42.2 Å². The van der Waals surface area contributed by atoms with Crippen molar-refractivity contribution in [2.24, 2.45) is 0 Å². The highest BCUT2D eigenvalue weighted by Crippen LogP contribution is 2.19. The van der Waals surface area contributed by atoms with Gasteiger partial charge in [-0.15, -0.1) is 0 Å². The van der Waals surface area contributed by atoms with Gasteiger partial charge >= 0.3 is 0 Å². The van der Waals surface area contributed by atoms with Crippen molar-refractivity contribution in [3.63, 3.8) is 0 Å². The van der Waals surface area contributed by atoms with Crippen LogP contribution in [-0.2, 0) is 11.5 Å². The Labute approximate surface area is 129 Å². The molecule has 0 aliphatic heterocycles. The fourth-order valence-electron chi connectivity index (χ4n) is 1.89. The number of aliphatic hydroxyl groups excluding tert-OH is 1. The van der Waals surface area contributed by atoms with Crippen molar-refractivity contribution in [3.8, 4) is 11.8 Å². The second-order valence-electron chi connectivity index (χ2n) is 4.60. The summed E-state index contributed by atoms with van der Waals surface area (Å²) in [5.41, 5.74) is 2.87. The summed E-state index contributed by atoms with van der Waals surface area (Å²) < 4.78 is 13.6. The zero-order chi connectivity index (χ0) is 14.9. The third kappa shape index (κ3) is 5.63. The van der Waals surface area contributed by atoms with E-state index in [0.29, 0.717) is 12.0 Å². The van der Waals surface area contributed by atoms with Crippen molar-refractivity contribution in [3.05, 3.63) is 71.0 Å². The third-order valence-corrected chi connectivity index (χ3v) is 3.88. The Kier molecular flexibility index (Phi) is 6.33. The molecule has 2 aromatic rings. The number of benzene rings is 2. The number of hydrogen-bond donors (Lipinski definition) is 1. The fraction of sp³-hybridized carbons (Fsp3) is 0.222. The Balaban J connectivity index is 1.95. The molecule has 1 nitrogen and oxygen atoms in total. The molecule has 0 saturated heterocycles. The first-order valence-electron chi connectivity index (χ1n) is 6.79. The van der Waals surface area contributed by atoms with Crippen molar-refractivity contribution in [2.75, 3.05) is 6.61 Å². The lowest BCUT2D eigenvalue weighted by Gasteiger charge is -2.04. The maximum atomic E-state index is 13.6. The molecule has 0 spiro atoms. The Hall–Kier alpha value is -1.76. The summed E-state index contributed by atoms with van der Waals surface area (Å²) >= 11 is 1.75. The Bertz CT molecular complexity index is 629. The van der Waals surface area contributed by atoms with Crippen LogP contribution >= 0.6 is 11.8 Å². The highest BCUT2D eigenvalue weighted by Gasteiger charge is 2.00. The second kappa shape index (κ2) is 8.51. The molecule has 108 valence electrons. The molecule has 0 fully saturated rings. The second-order valence-corrected chi connectivity index (χ2v) is 5.59. The van der Waals surface area contributed by atoms with Gasteiger partial charge in [0.2, 0.25) is 0 Å². The molecule has 0 aliphatic rings. The van der Waals surface area contributed by atoms with Crippen LogP contribution in [0, 0.1) is 17.7 Å². The molecule has 0 radical (unpaired) electrons. The van der Waals surface area contributed by atoms with Gasteiger partial charge in [-0.05, 0) is 29.3 Å². The van der Waals surface area contributed by atoms with Gasteiger partial charge in [0.25, 0.3) is 0 Å². The van der Waals surface area contributed by atoms with Crippen LogP contribution in [0.5, 0.6) is 0 Å². The van der Waals surface area contributed by atoms with Crippen molar-refractivity contribution >= 4 is 11.8 Å². The fourth-order valence-corrected chi connectivity index (χ4v) is 2.82. The summed E-state index contributed by atoms with van der Waals surface area (Å²) in [5, 5.41) is 8.70. The largest absolute Gasteiger partial charge is 0.395 e. The standard InChI is InChI=1S/C18H17FOS/c19-18-11-16(8-4-5-9-20)10-17(12-18)14-21-13-15-6-2-1-3-7-15/h1-3,6-7,10-12,20H,5,9,13-14H2. The molecule has 2 aromatic carbocycles. The molecule has 3 heteroatoms. The van der Waals surface area contributed by atoms with Crippen LogP contribution in [-0.4, -0.2) is 11.7 Å². The van der Waals surface area contributed by atoms with E-state index in [1.54, 1.807) is 17.8 Å². The van der Waals surface area contributed by atoms with E-state index in [9.17, 15) is 4.39 Å². The van der Waals surface area contributed by atoms with Crippen LogP contribution in [0.15, 0.2) is 48.5 Å². The average molecular weight is 300 g/mol. The summed E-state index contributed by atoms with van der Waals surface area (Å²) in [6.07, 6.45) is 0.411. The molecule has 0 heterocycles. The smallest absolute Gasteiger partial charge is 0.124 e. The van der Waals surface area contributed by atoms with Crippen molar-refractivity contribution < 1.29 is 9.50 Å². The topological polar surface area (TPSA) is 20.2 Å². The van der Waals surface area contributed by atoms with Crippen LogP contribution < -0.4 is 0 Å². The summed E-state index contributed by atoms with van der Waals surface area (Å²) in [5.74, 6) is 7.08. The number of thioether (sulfide) groups is 1. The van der Waals surface area contributed by atoms with Crippen LogP contribution in [0.2, 0.25) is 0 Å². The van der Waals surface area contributed by atoms with Gasteiger partial charge in [0.05, 0.1) is 6.61 Å². The lowest BCUT2D eigenvalue weighted by atomic mass is 10.1. The van der Waals surface area contributed by atoms with Crippen LogP contribution in [0.4, 0.5) is 4.39 Å². The van der Waals surface area contributed by atoms with Crippen LogP contribution in [0.3, 0.4) is 0 Å². The lowest BCUT2D eigenvalue weighted by Crippen LogP contribution is -1.88. The molecule has 21 heavy (non-hydrogen) atoms. The van der Waals surface area contributed by atoms with Gasteiger partial charge in [0.1, 0.15) is 5.82 Å². The first-order chi connectivity index (χ1) is 10.3. The Morgan fingerprint density at radius 1 is 1.00 bits per heavy atom. The quantitative estimate of drug-likeness (QED) is 0.843. The van der Waals surface area contributed by atoms with E-state index in [-0.39, 0.29) is 12.4 Å². The molecule has 0 bridgehead atoms. The van der Waals surface area contributed by atoms with Gasteiger partial charge in [-0.2, -0.15) is 11.8 Å². The maximum Gasteiger partial charge on any atom is 0.124 e. The van der Waals surface area contributed by atoms with E-state index in [2.05, 4.69) is 24.0 Å². The minimum absolute atomic E-state index is 0.0299. The van der Waals surface area contributed by atoms with Crippen molar-refractivity contribution in [1.82, 2.24) is 0 Å². The summed E-state index contributed by atoms with van der Waals surface area (Å²) in [4.78, 5) is 0. The molecular formula is C18H17FOS. The minimum atomic E-state index is -0.263. The number of hydrogen-bond acceptors (Lipinski definition) is 2. The summed E-state index contributed by atoms with van der Waals surface area (Å²) in [7, 11) is 0. The van der Waals surface area contributed by atoms with E-state index in [1.807, 2.05) is 24.3 Å². The lowest BCUT2D eigenvalue weighted by molar-refractivity contribution is 0.305. The van der Waals surface area contributed by atoms with Crippen molar-refractivity contribution in [1.29, 1.82) is 0 Å². The molecule has 1 N–H and O–H groups in total. The Morgan fingerprint density at radius 3 is 2.52 bits per heavy atom. The van der Waals surface area contributed by atoms with Gasteiger partial charge in [-0.25, -0.2) is 4.39 Å². The summed E-state index contributed by atoms with van der Waals surface area (Å²) in [6, 6.07) is 15.1. The van der Waals surface area contributed by atoms with Gasteiger partial charge in [0.15, 0.2) is 0 Å². The first-order valence-corrected chi connectivity index (χ1v) is 7.94. The normalized spacial score (nSPS) is 10.0. The SMILES string of the molecule is OCCC#Cc1cc(F)cc(CSCc2ccccc2)c1. The molecule has 0 aliphatic carbocycles. The number of rotatable bonds is 5. The third-order valence-electron chi connectivity index (χ3n) is 2.81. The predicted molar refractivity (Wildman–Crippen MR) is 86.4 cm³/mol. The number of halogens is 1. The van der Waals surface area contributed by atoms with Gasteiger partial charge < -0.3 is 5.11 Å². The highest BCUT2D eigenvalue weighted by molar-refractivity contribution is 7.97.